The minimum absolute atomic E-state index is 0.779. The van der Waals surface area contributed by atoms with Crippen LogP contribution in [0.5, 0.6) is 0 Å². The SMILES string of the molecule is C1CCN2CC3CC(CN4CCCC(C5C6CC(CN7CCCCC67)C6CCCCN65)=C34)C2C1. The quantitative estimate of drug-likeness (QED) is 0.564. The van der Waals surface area contributed by atoms with Crippen molar-refractivity contribution >= 4 is 0 Å². The number of piperidine rings is 7. The fourth-order valence-electron chi connectivity index (χ4n) is 11.0. The Kier molecular flexibility index (Phi) is 5.36. The molecule has 0 aromatic rings. The molecule has 7 saturated heterocycles. The molecule has 0 amide bonds. The topological polar surface area (TPSA) is 13.0 Å². The average molecular weight is 465 g/mol. The maximum Gasteiger partial charge on any atom is 0.0373 e. The highest BCUT2D eigenvalue weighted by molar-refractivity contribution is 5.31. The number of fused-ring (bicyclic) bond motifs is 12. The van der Waals surface area contributed by atoms with E-state index in [1.54, 1.807) is 6.42 Å². The lowest BCUT2D eigenvalue weighted by molar-refractivity contribution is -0.0996. The van der Waals surface area contributed by atoms with Gasteiger partial charge in [-0.25, -0.2) is 0 Å². The Morgan fingerprint density at radius 1 is 0.588 bits per heavy atom. The van der Waals surface area contributed by atoms with Gasteiger partial charge < -0.3 is 4.90 Å². The van der Waals surface area contributed by atoms with Gasteiger partial charge in [0.15, 0.2) is 0 Å². The second-order valence-electron chi connectivity index (χ2n) is 13.7. The van der Waals surface area contributed by atoms with E-state index in [-0.39, 0.29) is 0 Å². The predicted octanol–water partition coefficient (Wildman–Crippen LogP) is 4.57. The van der Waals surface area contributed by atoms with Crippen LogP contribution in [0.1, 0.15) is 83.5 Å². The van der Waals surface area contributed by atoms with Gasteiger partial charge >= 0.3 is 0 Å². The van der Waals surface area contributed by atoms with Crippen molar-refractivity contribution in [2.75, 3.05) is 45.8 Å². The number of rotatable bonds is 1. The first kappa shape index (κ1) is 21.5. The summed E-state index contributed by atoms with van der Waals surface area (Å²) in [7, 11) is 0. The second-order valence-corrected chi connectivity index (χ2v) is 13.7. The molecule has 0 aromatic heterocycles. The first-order chi connectivity index (χ1) is 16.8. The van der Waals surface area contributed by atoms with Crippen molar-refractivity contribution in [3.63, 3.8) is 0 Å². The number of hydrogen-bond donors (Lipinski definition) is 0. The summed E-state index contributed by atoms with van der Waals surface area (Å²) in [6.45, 7) is 9.73. The molecule has 0 aromatic carbocycles. The van der Waals surface area contributed by atoms with E-state index in [2.05, 4.69) is 19.6 Å². The highest BCUT2D eigenvalue weighted by Gasteiger charge is 2.54. The van der Waals surface area contributed by atoms with Crippen LogP contribution in [0.15, 0.2) is 11.3 Å². The molecule has 0 N–H and O–H groups in total. The molecule has 8 rings (SSSR count). The summed E-state index contributed by atoms with van der Waals surface area (Å²) in [5, 5.41) is 0. The van der Waals surface area contributed by atoms with Crippen LogP contribution in [-0.2, 0) is 0 Å². The molecule has 34 heavy (non-hydrogen) atoms. The molecular formula is C30H48N4. The van der Waals surface area contributed by atoms with Crippen LogP contribution in [0.2, 0.25) is 0 Å². The summed E-state index contributed by atoms with van der Waals surface area (Å²) < 4.78 is 0. The van der Waals surface area contributed by atoms with Gasteiger partial charge in [-0.15, -0.1) is 0 Å². The first-order valence-corrected chi connectivity index (χ1v) is 15.6. The lowest BCUT2D eigenvalue weighted by Crippen LogP contribution is -2.68. The minimum atomic E-state index is 0.779. The molecule has 8 heterocycles. The van der Waals surface area contributed by atoms with Gasteiger partial charge in [0.1, 0.15) is 0 Å². The van der Waals surface area contributed by atoms with Crippen LogP contribution >= 0.6 is 0 Å². The Hall–Kier alpha value is -0.580. The smallest absolute Gasteiger partial charge is 0.0373 e. The van der Waals surface area contributed by atoms with Crippen molar-refractivity contribution in [1.29, 1.82) is 0 Å². The molecule has 0 radical (unpaired) electrons. The summed E-state index contributed by atoms with van der Waals surface area (Å²) in [6.07, 6.45) is 19.2. The molecule has 4 bridgehead atoms. The number of nitrogens with zero attached hydrogens (tertiary/aromatic N) is 4. The third kappa shape index (κ3) is 3.26. The van der Waals surface area contributed by atoms with Crippen molar-refractivity contribution < 1.29 is 0 Å². The molecule has 8 unspecified atom stereocenters. The van der Waals surface area contributed by atoms with Crippen LogP contribution in [-0.4, -0.2) is 89.6 Å². The van der Waals surface area contributed by atoms with E-state index < -0.39 is 0 Å². The lowest BCUT2D eigenvalue weighted by Gasteiger charge is -2.62. The van der Waals surface area contributed by atoms with Crippen LogP contribution in [0.3, 0.4) is 0 Å². The molecule has 188 valence electrons. The van der Waals surface area contributed by atoms with E-state index >= 15 is 0 Å². The van der Waals surface area contributed by atoms with E-state index in [4.69, 9.17) is 0 Å². The normalized spacial score (nSPS) is 47.5. The van der Waals surface area contributed by atoms with Crippen molar-refractivity contribution in [3.8, 4) is 0 Å². The summed E-state index contributed by atoms with van der Waals surface area (Å²) in [5.41, 5.74) is 3.89. The molecule has 8 atom stereocenters. The summed E-state index contributed by atoms with van der Waals surface area (Å²) in [5.74, 6) is 3.67. The van der Waals surface area contributed by atoms with Gasteiger partial charge in [-0.2, -0.15) is 0 Å². The molecule has 8 aliphatic rings. The molecule has 0 saturated carbocycles. The van der Waals surface area contributed by atoms with Crippen molar-refractivity contribution in [2.24, 2.45) is 23.7 Å². The summed E-state index contributed by atoms with van der Waals surface area (Å²) in [6, 6.07) is 3.46. The van der Waals surface area contributed by atoms with Crippen LogP contribution in [0.4, 0.5) is 0 Å². The van der Waals surface area contributed by atoms with Gasteiger partial charge in [-0.3, -0.25) is 14.7 Å². The average Bonchev–Trinajstić information content (AvgIpc) is 2.89. The van der Waals surface area contributed by atoms with E-state index in [1.807, 2.05) is 11.3 Å². The fraction of sp³-hybridized carbons (Fsp3) is 0.933. The molecule has 0 aliphatic carbocycles. The maximum absolute atomic E-state index is 3.15. The standard InChI is InChI=1S/C30H48N4/c1-4-12-31-20-23-16-21(26(31)9-1)19-33-14-7-8-24(29(23)33)30-25-17-22(27-10-3-6-15-34(27)30)18-32-13-5-2-11-28(25)32/h21-23,25-28,30H,1-20H2. The van der Waals surface area contributed by atoms with Crippen LogP contribution in [0.25, 0.3) is 0 Å². The first-order valence-electron chi connectivity index (χ1n) is 15.6. The predicted molar refractivity (Wildman–Crippen MR) is 138 cm³/mol. The zero-order valence-electron chi connectivity index (χ0n) is 21.5. The molecule has 7 fully saturated rings. The summed E-state index contributed by atoms with van der Waals surface area (Å²) in [4.78, 5) is 12.1. The zero-order valence-corrected chi connectivity index (χ0v) is 21.5. The zero-order chi connectivity index (χ0) is 22.2. The number of hydrogen-bond acceptors (Lipinski definition) is 4. The molecule has 0 spiro atoms. The molecular weight excluding hydrogens is 416 g/mol. The summed E-state index contributed by atoms with van der Waals surface area (Å²) >= 11 is 0. The molecule has 4 nitrogen and oxygen atoms in total. The van der Waals surface area contributed by atoms with Gasteiger partial charge in [-0.1, -0.05) is 19.3 Å². The largest absolute Gasteiger partial charge is 0.374 e. The van der Waals surface area contributed by atoms with E-state index in [0.29, 0.717) is 0 Å². The van der Waals surface area contributed by atoms with Gasteiger partial charge in [0, 0.05) is 62.0 Å². The lowest BCUT2D eigenvalue weighted by atomic mass is 9.64. The highest BCUT2D eigenvalue weighted by Crippen LogP contribution is 2.52. The van der Waals surface area contributed by atoms with Crippen molar-refractivity contribution in [1.82, 2.24) is 19.6 Å². The Morgan fingerprint density at radius 3 is 2.21 bits per heavy atom. The molecule has 8 aliphatic heterocycles. The van der Waals surface area contributed by atoms with Gasteiger partial charge in [-0.05, 0) is 107 Å². The third-order valence-electron chi connectivity index (χ3n) is 12.1. The van der Waals surface area contributed by atoms with Crippen molar-refractivity contribution in [3.05, 3.63) is 11.3 Å². The van der Waals surface area contributed by atoms with Crippen LogP contribution < -0.4 is 0 Å². The van der Waals surface area contributed by atoms with Gasteiger partial charge in [0.05, 0.1) is 0 Å². The third-order valence-corrected chi connectivity index (χ3v) is 12.1. The van der Waals surface area contributed by atoms with Crippen LogP contribution in [0, 0.1) is 23.7 Å². The van der Waals surface area contributed by atoms with Gasteiger partial charge in [0.25, 0.3) is 0 Å². The highest BCUT2D eigenvalue weighted by atomic mass is 15.3. The second kappa shape index (κ2) is 8.48. The maximum atomic E-state index is 3.15. The fourth-order valence-corrected chi connectivity index (χ4v) is 11.0. The Bertz CT molecular complexity index is 821. The van der Waals surface area contributed by atoms with Crippen molar-refractivity contribution in [2.45, 2.75) is 108 Å². The Balaban J connectivity index is 1.20. The molecule has 4 heteroatoms. The van der Waals surface area contributed by atoms with E-state index in [0.717, 1.165) is 47.8 Å². The Morgan fingerprint density at radius 2 is 1.32 bits per heavy atom. The van der Waals surface area contributed by atoms with E-state index in [9.17, 15) is 0 Å². The Labute approximate surface area is 208 Å². The minimum Gasteiger partial charge on any atom is -0.374 e. The van der Waals surface area contributed by atoms with Gasteiger partial charge in [0.2, 0.25) is 0 Å². The van der Waals surface area contributed by atoms with E-state index in [1.165, 1.54) is 123 Å². The monoisotopic (exact) mass is 464 g/mol.